The van der Waals surface area contributed by atoms with Gasteiger partial charge in [0, 0.05) is 12.6 Å². The molecule has 0 aliphatic rings. The first-order valence-corrected chi connectivity index (χ1v) is 4.47. The van der Waals surface area contributed by atoms with E-state index in [1.807, 2.05) is 20.8 Å². The zero-order valence-electron chi connectivity index (χ0n) is 8.85. The molecule has 0 fully saturated rings. The summed E-state index contributed by atoms with van der Waals surface area (Å²) in [5.74, 6) is 0. The van der Waals surface area contributed by atoms with Crippen LogP contribution in [0.15, 0.2) is 0 Å². The lowest BCUT2D eigenvalue weighted by Crippen LogP contribution is -2.48. The molecule has 80 valence electrons. The van der Waals surface area contributed by atoms with Crippen LogP contribution < -0.4 is 5.73 Å². The maximum atomic E-state index is 12.1. The lowest BCUT2D eigenvalue weighted by Gasteiger charge is -2.37. The van der Waals surface area contributed by atoms with E-state index in [0.29, 0.717) is 6.54 Å². The molecule has 4 heteroatoms. The summed E-state index contributed by atoms with van der Waals surface area (Å²) < 4.78 is 24.2. The minimum absolute atomic E-state index is 0.00139. The Kier molecular flexibility index (Phi) is 4.78. The van der Waals surface area contributed by atoms with E-state index < -0.39 is 6.43 Å². The van der Waals surface area contributed by atoms with E-state index in [0.717, 1.165) is 0 Å². The molecular formula is C9H20F2N2. The van der Waals surface area contributed by atoms with Crippen molar-refractivity contribution >= 4 is 0 Å². The van der Waals surface area contributed by atoms with Crippen molar-refractivity contribution in [3.05, 3.63) is 0 Å². The quantitative estimate of drug-likeness (QED) is 0.736. The average Bonchev–Trinajstić information content (AvgIpc) is 1.82. The van der Waals surface area contributed by atoms with Gasteiger partial charge in [0.2, 0.25) is 0 Å². The Morgan fingerprint density at radius 2 is 1.77 bits per heavy atom. The van der Waals surface area contributed by atoms with E-state index in [1.165, 1.54) is 0 Å². The fourth-order valence-corrected chi connectivity index (χ4v) is 1.54. The molecule has 2 N–H and O–H groups in total. The molecule has 0 bridgehead atoms. The third kappa shape index (κ3) is 4.52. The highest BCUT2D eigenvalue weighted by Crippen LogP contribution is 2.22. The van der Waals surface area contributed by atoms with E-state index in [4.69, 9.17) is 5.73 Å². The Hall–Kier alpha value is -0.220. The summed E-state index contributed by atoms with van der Waals surface area (Å²) in [6.07, 6.45) is -2.29. The van der Waals surface area contributed by atoms with E-state index in [1.54, 1.807) is 11.9 Å². The van der Waals surface area contributed by atoms with Crippen LogP contribution in [0.2, 0.25) is 0 Å². The highest BCUT2D eigenvalue weighted by molar-refractivity contribution is 4.82. The lowest BCUT2D eigenvalue weighted by atomic mass is 9.86. The average molecular weight is 194 g/mol. The Bertz CT molecular complexity index is 143. The molecule has 0 aromatic heterocycles. The highest BCUT2D eigenvalue weighted by atomic mass is 19.3. The first kappa shape index (κ1) is 12.8. The van der Waals surface area contributed by atoms with Crippen molar-refractivity contribution in [2.75, 3.05) is 20.1 Å². The maximum Gasteiger partial charge on any atom is 0.251 e. The number of likely N-dealkylation sites (N-methyl/N-ethyl adjacent to an activating group) is 1. The number of hydrogen-bond donors (Lipinski definition) is 1. The van der Waals surface area contributed by atoms with Crippen LogP contribution in [0.5, 0.6) is 0 Å². The van der Waals surface area contributed by atoms with Gasteiger partial charge < -0.3 is 5.73 Å². The first-order chi connectivity index (χ1) is 5.79. The fraction of sp³-hybridized carbons (Fsp3) is 1.00. The van der Waals surface area contributed by atoms with Gasteiger partial charge in [-0.1, -0.05) is 20.8 Å². The van der Waals surface area contributed by atoms with Crippen LogP contribution >= 0.6 is 0 Å². The molecule has 0 amide bonds. The predicted octanol–water partition coefficient (Wildman–Crippen LogP) is 1.56. The molecule has 13 heavy (non-hydrogen) atoms. The molecule has 0 aromatic rings. The van der Waals surface area contributed by atoms with Gasteiger partial charge in [0.15, 0.2) is 0 Å². The largest absolute Gasteiger partial charge is 0.329 e. The highest BCUT2D eigenvalue weighted by Gasteiger charge is 2.28. The van der Waals surface area contributed by atoms with Gasteiger partial charge in [-0.25, -0.2) is 8.78 Å². The molecular weight excluding hydrogens is 174 g/mol. The van der Waals surface area contributed by atoms with Gasteiger partial charge >= 0.3 is 0 Å². The van der Waals surface area contributed by atoms with Gasteiger partial charge in [0.25, 0.3) is 6.43 Å². The Labute approximate surface area is 79.1 Å². The standard InChI is InChI=1S/C9H20F2N2/c1-9(2,3)7(5-12)13(4)6-8(10)11/h7-8H,5-6,12H2,1-4H3. The first-order valence-electron chi connectivity index (χ1n) is 4.47. The number of nitrogens with two attached hydrogens (primary N) is 1. The second-order valence-electron chi connectivity index (χ2n) is 4.45. The van der Waals surface area contributed by atoms with Crippen LogP contribution in [0.1, 0.15) is 20.8 Å². The van der Waals surface area contributed by atoms with Crippen LogP contribution in [0.25, 0.3) is 0 Å². The maximum absolute atomic E-state index is 12.1. The van der Waals surface area contributed by atoms with E-state index in [-0.39, 0.29) is 18.0 Å². The molecule has 0 saturated heterocycles. The van der Waals surface area contributed by atoms with Crippen LogP contribution in [0.3, 0.4) is 0 Å². The van der Waals surface area contributed by atoms with Crippen molar-refractivity contribution in [3.8, 4) is 0 Å². The van der Waals surface area contributed by atoms with Crippen molar-refractivity contribution in [2.24, 2.45) is 11.1 Å². The van der Waals surface area contributed by atoms with Gasteiger partial charge in [-0.15, -0.1) is 0 Å². The molecule has 1 atom stereocenters. The SMILES string of the molecule is CN(CC(F)F)C(CN)C(C)(C)C. The predicted molar refractivity (Wildman–Crippen MR) is 50.9 cm³/mol. The summed E-state index contributed by atoms with van der Waals surface area (Å²) in [4.78, 5) is 1.63. The van der Waals surface area contributed by atoms with Gasteiger partial charge in [-0.05, 0) is 12.5 Å². The third-order valence-corrected chi connectivity index (χ3v) is 2.18. The van der Waals surface area contributed by atoms with Crippen LogP contribution in [-0.2, 0) is 0 Å². The molecule has 0 aliphatic heterocycles. The minimum atomic E-state index is -2.29. The van der Waals surface area contributed by atoms with Gasteiger partial charge in [-0.3, -0.25) is 4.90 Å². The molecule has 2 nitrogen and oxygen atoms in total. The van der Waals surface area contributed by atoms with Crippen molar-refractivity contribution in [3.63, 3.8) is 0 Å². The summed E-state index contributed by atoms with van der Waals surface area (Å²) in [6.45, 7) is 6.22. The molecule has 0 heterocycles. The number of hydrogen-bond acceptors (Lipinski definition) is 2. The molecule has 0 aromatic carbocycles. The Morgan fingerprint density at radius 3 is 2.00 bits per heavy atom. The fourth-order valence-electron chi connectivity index (χ4n) is 1.54. The molecule has 0 rings (SSSR count). The molecule has 0 radical (unpaired) electrons. The zero-order chi connectivity index (χ0) is 10.6. The van der Waals surface area contributed by atoms with Crippen molar-refractivity contribution < 1.29 is 8.78 Å². The number of rotatable bonds is 4. The minimum Gasteiger partial charge on any atom is -0.329 e. The van der Waals surface area contributed by atoms with Gasteiger partial charge in [-0.2, -0.15) is 0 Å². The number of nitrogens with zero attached hydrogens (tertiary/aromatic N) is 1. The molecule has 0 saturated carbocycles. The summed E-state index contributed by atoms with van der Waals surface area (Å²) in [7, 11) is 1.69. The zero-order valence-corrected chi connectivity index (χ0v) is 8.85. The number of halogens is 2. The monoisotopic (exact) mass is 194 g/mol. The van der Waals surface area contributed by atoms with Crippen LogP contribution in [0.4, 0.5) is 8.78 Å². The summed E-state index contributed by atoms with van der Waals surface area (Å²) >= 11 is 0. The van der Waals surface area contributed by atoms with Gasteiger partial charge in [0.1, 0.15) is 0 Å². The summed E-state index contributed by atoms with van der Waals surface area (Å²) in [5, 5.41) is 0. The molecule has 0 aliphatic carbocycles. The molecule has 1 unspecified atom stereocenters. The second-order valence-corrected chi connectivity index (χ2v) is 4.45. The topological polar surface area (TPSA) is 29.3 Å². The normalized spacial score (nSPS) is 15.5. The van der Waals surface area contributed by atoms with Crippen LogP contribution in [-0.4, -0.2) is 37.5 Å². The van der Waals surface area contributed by atoms with Crippen molar-refractivity contribution in [1.29, 1.82) is 0 Å². The number of alkyl halides is 2. The van der Waals surface area contributed by atoms with Gasteiger partial charge in [0.05, 0.1) is 6.54 Å². The third-order valence-electron chi connectivity index (χ3n) is 2.18. The van der Waals surface area contributed by atoms with Crippen molar-refractivity contribution in [1.82, 2.24) is 4.90 Å². The summed E-state index contributed by atoms with van der Waals surface area (Å²) in [5.41, 5.74) is 5.49. The summed E-state index contributed by atoms with van der Waals surface area (Å²) in [6, 6.07) is 0.00139. The lowest BCUT2D eigenvalue weighted by molar-refractivity contribution is 0.0508. The molecule has 0 spiro atoms. The second kappa shape index (κ2) is 4.86. The Balaban J connectivity index is 4.24. The smallest absolute Gasteiger partial charge is 0.251 e. The van der Waals surface area contributed by atoms with E-state index in [2.05, 4.69) is 0 Å². The Morgan fingerprint density at radius 1 is 1.31 bits per heavy atom. The van der Waals surface area contributed by atoms with Crippen molar-refractivity contribution in [2.45, 2.75) is 33.2 Å². The van der Waals surface area contributed by atoms with E-state index in [9.17, 15) is 8.78 Å². The van der Waals surface area contributed by atoms with Crippen LogP contribution in [0, 0.1) is 5.41 Å². The van der Waals surface area contributed by atoms with E-state index >= 15 is 0 Å².